The first-order valence-corrected chi connectivity index (χ1v) is 10.6. The molecule has 1 fully saturated rings. The quantitative estimate of drug-likeness (QED) is 0.697. The van der Waals surface area contributed by atoms with Crippen LogP contribution in [0.4, 0.5) is 4.39 Å². The lowest BCUT2D eigenvalue weighted by molar-refractivity contribution is -0.132. The molecule has 1 amide bonds. The van der Waals surface area contributed by atoms with Crippen molar-refractivity contribution in [2.75, 3.05) is 6.54 Å². The SMILES string of the molecule is CCCCC(=O)N1CCC[C@H]1c1nc(CCc2ccc(F)cc2)c(C(=O)O)s1. The number of likely N-dealkylation sites (tertiary alicyclic amines) is 1. The van der Waals surface area contributed by atoms with Crippen molar-refractivity contribution in [1.82, 2.24) is 9.88 Å². The highest BCUT2D eigenvalue weighted by molar-refractivity contribution is 7.13. The van der Waals surface area contributed by atoms with Crippen LogP contribution in [0.25, 0.3) is 0 Å². The van der Waals surface area contributed by atoms with Gasteiger partial charge < -0.3 is 10.0 Å². The van der Waals surface area contributed by atoms with E-state index < -0.39 is 5.97 Å². The molecule has 1 N–H and O–H groups in total. The second-order valence-corrected chi connectivity index (χ2v) is 8.14. The van der Waals surface area contributed by atoms with Crippen LogP contribution in [0, 0.1) is 5.82 Å². The summed E-state index contributed by atoms with van der Waals surface area (Å²) in [4.78, 5) is 30.9. The largest absolute Gasteiger partial charge is 0.477 e. The molecule has 0 unspecified atom stereocenters. The Morgan fingerprint density at radius 2 is 2.04 bits per heavy atom. The van der Waals surface area contributed by atoms with Gasteiger partial charge >= 0.3 is 5.97 Å². The molecular formula is C21H25FN2O3S. The predicted molar refractivity (Wildman–Crippen MR) is 106 cm³/mol. The number of unbranched alkanes of at least 4 members (excludes halogenated alkanes) is 1. The van der Waals surface area contributed by atoms with Crippen LogP contribution in [0.15, 0.2) is 24.3 Å². The van der Waals surface area contributed by atoms with Crippen molar-refractivity contribution in [3.8, 4) is 0 Å². The number of carbonyl (C=O) groups is 2. The lowest BCUT2D eigenvalue weighted by Crippen LogP contribution is -2.30. The van der Waals surface area contributed by atoms with Crippen molar-refractivity contribution < 1.29 is 19.1 Å². The van der Waals surface area contributed by atoms with Crippen LogP contribution in [0.3, 0.4) is 0 Å². The maximum Gasteiger partial charge on any atom is 0.347 e. The highest BCUT2D eigenvalue weighted by Gasteiger charge is 2.33. The number of aromatic carboxylic acids is 1. The van der Waals surface area contributed by atoms with Gasteiger partial charge in [-0.25, -0.2) is 14.2 Å². The van der Waals surface area contributed by atoms with Crippen molar-refractivity contribution in [1.29, 1.82) is 0 Å². The van der Waals surface area contributed by atoms with Gasteiger partial charge in [0.15, 0.2) is 0 Å². The third-order valence-corrected chi connectivity index (χ3v) is 6.26. The Balaban J connectivity index is 1.76. The van der Waals surface area contributed by atoms with E-state index in [4.69, 9.17) is 0 Å². The minimum Gasteiger partial charge on any atom is -0.477 e. The van der Waals surface area contributed by atoms with Crippen molar-refractivity contribution in [3.05, 3.63) is 51.2 Å². The molecule has 0 radical (unpaired) electrons. The van der Waals surface area contributed by atoms with Gasteiger partial charge in [0.2, 0.25) is 5.91 Å². The van der Waals surface area contributed by atoms with Crippen molar-refractivity contribution >= 4 is 23.2 Å². The Kier molecular flexibility index (Phi) is 6.78. The zero-order valence-corrected chi connectivity index (χ0v) is 16.8. The van der Waals surface area contributed by atoms with E-state index in [1.165, 1.54) is 23.5 Å². The van der Waals surface area contributed by atoms with Crippen LogP contribution in [0.5, 0.6) is 0 Å². The number of carbonyl (C=O) groups excluding carboxylic acids is 1. The summed E-state index contributed by atoms with van der Waals surface area (Å²) in [5.41, 5.74) is 1.48. The van der Waals surface area contributed by atoms with E-state index in [1.807, 2.05) is 4.90 Å². The third-order valence-electron chi connectivity index (χ3n) is 5.07. The smallest absolute Gasteiger partial charge is 0.347 e. The Morgan fingerprint density at radius 1 is 1.29 bits per heavy atom. The number of aromatic nitrogens is 1. The summed E-state index contributed by atoms with van der Waals surface area (Å²) in [6, 6.07) is 6.09. The molecule has 3 rings (SSSR count). The topological polar surface area (TPSA) is 70.5 Å². The van der Waals surface area contributed by atoms with E-state index >= 15 is 0 Å². The van der Waals surface area contributed by atoms with Gasteiger partial charge in [0.1, 0.15) is 15.7 Å². The average Bonchev–Trinajstić information content (AvgIpc) is 3.32. The van der Waals surface area contributed by atoms with Gasteiger partial charge in [0, 0.05) is 13.0 Å². The summed E-state index contributed by atoms with van der Waals surface area (Å²) < 4.78 is 13.1. The molecule has 0 bridgehead atoms. The van der Waals surface area contributed by atoms with Gasteiger partial charge in [-0.3, -0.25) is 4.79 Å². The molecule has 1 atom stereocenters. The number of hydrogen-bond acceptors (Lipinski definition) is 4. The normalized spacial score (nSPS) is 16.5. The molecule has 1 aliphatic heterocycles. The van der Waals surface area contributed by atoms with Crippen LogP contribution >= 0.6 is 11.3 Å². The molecule has 150 valence electrons. The van der Waals surface area contributed by atoms with Crippen molar-refractivity contribution in [2.45, 2.75) is 57.9 Å². The van der Waals surface area contributed by atoms with Crippen LogP contribution < -0.4 is 0 Å². The Bertz CT molecular complexity index is 835. The number of amides is 1. The zero-order chi connectivity index (χ0) is 20.1. The van der Waals surface area contributed by atoms with Gasteiger partial charge in [0.25, 0.3) is 0 Å². The van der Waals surface area contributed by atoms with Crippen LogP contribution in [0.1, 0.15) is 71.0 Å². The second-order valence-electron chi connectivity index (χ2n) is 7.11. The highest BCUT2D eigenvalue weighted by Crippen LogP contribution is 2.36. The van der Waals surface area contributed by atoms with Crippen LogP contribution in [-0.4, -0.2) is 33.4 Å². The molecular weight excluding hydrogens is 379 g/mol. The molecule has 1 aromatic carbocycles. The number of carboxylic acids is 1. The number of rotatable bonds is 8. The summed E-state index contributed by atoms with van der Waals surface area (Å²) in [5, 5.41) is 10.3. The summed E-state index contributed by atoms with van der Waals surface area (Å²) in [6.07, 6.45) is 5.16. The Morgan fingerprint density at radius 3 is 2.71 bits per heavy atom. The molecule has 1 aromatic heterocycles. The summed E-state index contributed by atoms with van der Waals surface area (Å²) in [7, 11) is 0. The van der Waals surface area contributed by atoms with Gasteiger partial charge in [-0.05, 0) is 49.8 Å². The number of nitrogens with zero attached hydrogens (tertiary/aromatic N) is 2. The fourth-order valence-electron chi connectivity index (χ4n) is 3.56. The number of aryl methyl sites for hydroxylation is 2. The van der Waals surface area contributed by atoms with E-state index in [9.17, 15) is 19.1 Å². The lowest BCUT2D eigenvalue weighted by Gasteiger charge is -2.23. The molecule has 2 aromatic rings. The third kappa shape index (κ3) is 4.76. The Labute approximate surface area is 168 Å². The van der Waals surface area contributed by atoms with E-state index in [2.05, 4.69) is 11.9 Å². The van der Waals surface area contributed by atoms with Gasteiger partial charge in [-0.2, -0.15) is 0 Å². The molecule has 2 heterocycles. The molecule has 7 heteroatoms. The van der Waals surface area contributed by atoms with Crippen molar-refractivity contribution in [3.63, 3.8) is 0 Å². The number of halogens is 1. The fraction of sp³-hybridized carbons (Fsp3) is 0.476. The molecule has 1 saturated heterocycles. The van der Waals surface area contributed by atoms with Crippen molar-refractivity contribution in [2.24, 2.45) is 0 Å². The molecule has 5 nitrogen and oxygen atoms in total. The second kappa shape index (κ2) is 9.28. The highest BCUT2D eigenvalue weighted by atomic mass is 32.1. The van der Waals surface area contributed by atoms with E-state index in [0.29, 0.717) is 36.5 Å². The minimum absolute atomic E-state index is 0.118. The van der Waals surface area contributed by atoms with E-state index in [0.717, 1.165) is 31.2 Å². The summed E-state index contributed by atoms with van der Waals surface area (Å²) in [5.74, 6) is -1.15. The molecule has 28 heavy (non-hydrogen) atoms. The standard InChI is InChI=1S/C21H25FN2O3S/c1-2-3-6-18(25)24-13-4-5-17(24)20-23-16(19(28-20)21(26)27)12-9-14-7-10-15(22)11-8-14/h7-8,10-11,17H,2-6,9,12-13H2,1H3,(H,26,27)/t17-/m0/s1. The molecule has 0 saturated carbocycles. The lowest BCUT2D eigenvalue weighted by atomic mass is 10.1. The molecule has 0 aliphatic carbocycles. The zero-order valence-electron chi connectivity index (χ0n) is 16.0. The van der Waals surface area contributed by atoms with Crippen LogP contribution in [0.2, 0.25) is 0 Å². The first-order valence-electron chi connectivity index (χ1n) is 9.76. The number of benzene rings is 1. The predicted octanol–water partition coefficient (Wildman–Crippen LogP) is 4.62. The fourth-order valence-corrected chi connectivity index (χ4v) is 4.66. The first-order chi connectivity index (χ1) is 13.5. The number of carboxylic acid groups (broad SMARTS) is 1. The van der Waals surface area contributed by atoms with Gasteiger partial charge in [-0.1, -0.05) is 25.5 Å². The minimum atomic E-state index is -0.986. The van der Waals surface area contributed by atoms with Gasteiger partial charge in [-0.15, -0.1) is 11.3 Å². The monoisotopic (exact) mass is 404 g/mol. The summed E-state index contributed by atoms with van der Waals surface area (Å²) in [6.45, 7) is 2.77. The van der Waals surface area contributed by atoms with E-state index in [-0.39, 0.29) is 22.6 Å². The molecule has 1 aliphatic rings. The maximum absolute atomic E-state index is 13.1. The first kappa shape index (κ1) is 20.5. The van der Waals surface area contributed by atoms with Gasteiger partial charge in [0.05, 0.1) is 11.7 Å². The Hall–Kier alpha value is -2.28. The van der Waals surface area contributed by atoms with Crippen LogP contribution in [-0.2, 0) is 17.6 Å². The molecule has 0 spiro atoms. The average molecular weight is 405 g/mol. The number of hydrogen-bond donors (Lipinski definition) is 1. The maximum atomic E-state index is 13.1. The number of thiazole rings is 1. The summed E-state index contributed by atoms with van der Waals surface area (Å²) >= 11 is 1.18. The van der Waals surface area contributed by atoms with E-state index in [1.54, 1.807) is 12.1 Å².